The summed E-state index contributed by atoms with van der Waals surface area (Å²) >= 11 is 0. The third-order valence-corrected chi connectivity index (χ3v) is 8.13. The average Bonchev–Trinajstić information content (AvgIpc) is 3.51. The van der Waals surface area contributed by atoms with E-state index in [0.717, 1.165) is 29.5 Å². The summed E-state index contributed by atoms with van der Waals surface area (Å²) in [6, 6.07) is 12.5. The molecule has 4 rings (SSSR count). The fraction of sp³-hybridized carbons (Fsp3) is 0.435. The zero-order valence-electron chi connectivity index (χ0n) is 18.4. The molecule has 0 spiro atoms. The molecule has 2 fully saturated rings. The summed E-state index contributed by atoms with van der Waals surface area (Å²) < 4.78 is 33.2. The van der Waals surface area contributed by atoms with Crippen molar-refractivity contribution in [2.75, 3.05) is 20.2 Å². The van der Waals surface area contributed by atoms with Crippen molar-refractivity contribution in [1.29, 1.82) is 0 Å². The Labute approximate surface area is 189 Å². The molecule has 0 radical (unpaired) electrons. The fourth-order valence-electron chi connectivity index (χ4n) is 4.24. The van der Waals surface area contributed by atoms with Crippen LogP contribution < -0.4 is 20.9 Å². The maximum Gasteiger partial charge on any atom is 0.246 e. The van der Waals surface area contributed by atoms with Gasteiger partial charge >= 0.3 is 0 Å². The molecule has 9 heteroatoms. The molecule has 3 N–H and O–H groups in total. The Morgan fingerprint density at radius 1 is 1.16 bits per heavy atom. The van der Waals surface area contributed by atoms with Crippen molar-refractivity contribution < 1.29 is 17.9 Å². The number of ether oxygens (including phenoxy) is 1. The SMILES string of the molecule is COc1ccc(C2CC(C(=O)NCc3ccccc3C)NN2)cc1S(=O)(=O)N1CCCC1. The summed E-state index contributed by atoms with van der Waals surface area (Å²) in [5.74, 6) is 0.237. The van der Waals surface area contributed by atoms with Crippen molar-refractivity contribution in [2.24, 2.45) is 0 Å². The molecule has 2 aliphatic heterocycles. The lowest BCUT2D eigenvalue weighted by molar-refractivity contribution is -0.123. The van der Waals surface area contributed by atoms with E-state index in [1.807, 2.05) is 37.3 Å². The largest absolute Gasteiger partial charge is 0.495 e. The van der Waals surface area contributed by atoms with Gasteiger partial charge in [-0.2, -0.15) is 4.31 Å². The minimum Gasteiger partial charge on any atom is -0.495 e. The van der Waals surface area contributed by atoms with Crippen LogP contribution in [0.25, 0.3) is 0 Å². The lowest BCUT2D eigenvalue weighted by atomic mass is 10.0. The molecule has 1 amide bonds. The molecule has 2 saturated heterocycles. The van der Waals surface area contributed by atoms with Crippen LogP contribution in [0.15, 0.2) is 47.4 Å². The second-order valence-electron chi connectivity index (χ2n) is 8.30. The second-order valence-corrected chi connectivity index (χ2v) is 10.2. The Balaban J connectivity index is 1.45. The number of nitrogens with zero attached hydrogens (tertiary/aromatic N) is 1. The predicted molar refractivity (Wildman–Crippen MR) is 121 cm³/mol. The van der Waals surface area contributed by atoms with Crippen molar-refractivity contribution in [2.45, 2.75) is 49.7 Å². The van der Waals surface area contributed by atoms with Crippen molar-refractivity contribution in [1.82, 2.24) is 20.5 Å². The molecule has 2 atom stereocenters. The Bertz CT molecular complexity index is 1080. The smallest absolute Gasteiger partial charge is 0.246 e. The molecular weight excluding hydrogens is 428 g/mol. The highest BCUT2D eigenvalue weighted by atomic mass is 32.2. The van der Waals surface area contributed by atoms with Gasteiger partial charge in [0.25, 0.3) is 0 Å². The number of benzene rings is 2. The minimum absolute atomic E-state index is 0.0957. The number of hydrazine groups is 1. The number of carbonyl (C=O) groups excluding carboxylic acids is 1. The van der Waals surface area contributed by atoms with Gasteiger partial charge in [0.2, 0.25) is 15.9 Å². The Morgan fingerprint density at radius 3 is 2.62 bits per heavy atom. The van der Waals surface area contributed by atoms with Gasteiger partial charge in [0.1, 0.15) is 16.7 Å². The first-order chi connectivity index (χ1) is 15.4. The molecule has 2 aromatic rings. The third-order valence-electron chi connectivity index (χ3n) is 6.21. The van der Waals surface area contributed by atoms with Crippen LogP contribution in [0.4, 0.5) is 0 Å². The van der Waals surface area contributed by atoms with Crippen LogP contribution in [0.1, 0.15) is 42.0 Å². The first-order valence-corrected chi connectivity index (χ1v) is 12.4. The predicted octanol–water partition coefficient (Wildman–Crippen LogP) is 2.01. The standard InChI is InChI=1S/C23H30N4O4S/c1-16-7-3-4-8-18(16)15-24-23(28)20-14-19(25-26-20)17-9-10-21(31-2)22(13-17)32(29,30)27-11-5-6-12-27/h3-4,7-10,13,19-20,25-26H,5-6,11-12,14-15H2,1-2H3,(H,24,28). The molecule has 2 aromatic carbocycles. The van der Waals surface area contributed by atoms with Crippen LogP contribution in [0.5, 0.6) is 5.75 Å². The van der Waals surface area contributed by atoms with E-state index in [-0.39, 0.29) is 16.8 Å². The van der Waals surface area contributed by atoms with Gasteiger partial charge < -0.3 is 10.1 Å². The van der Waals surface area contributed by atoms with Gasteiger partial charge in [0, 0.05) is 25.7 Å². The van der Waals surface area contributed by atoms with Crippen LogP contribution in [0.2, 0.25) is 0 Å². The highest BCUT2D eigenvalue weighted by molar-refractivity contribution is 7.89. The van der Waals surface area contributed by atoms with Crippen molar-refractivity contribution in [3.05, 3.63) is 59.2 Å². The lowest BCUT2D eigenvalue weighted by Crippen LogP contribution is -2.42. The molecule has 2 aliphatic rings. The number of methoxy groups -OCH3 is 1. The molecule has 0 bridgehead atoms. The zero-order valence-corrected chi connectivity index (χ0v) is 19.2. The molecule has 2 unspecified atom stereocenters. The maximum atomic E-state index is 13.1. The monoisotopic (exact) mass is 458 g/mol. The summed E-state index contributed by atoms with van der Waals surface area (Å²) in [7, 11) is -2.15. The van der Waals surface area contributed by atoms with Gasteiger partial charge in [-0.05, 0) is 55.0 Å². The van der Waals surface area contributed by atoms with Gasteiger partial charge in [-0.3, -0.25) is 4.79 Å². The van der Waals surface area contributed by atoms with E-state index >= 15 is 0 Å². The number of hydrogen-bond donors (Lipinski definition) is 3. The van der Waals surface area contributed by atoms with E-state index in [0.29, 0.717) is 31.8 Å². The highest BCUT2D eigenvalue weighted by Gasteiger charge is 2.33. The van der Waals surface area contributed by atoms with Gasteiger partial charge in [-0.15, -0.1) is 0 Å². The fourth-order valence-corrected chi connectivity index (χ4v) is 5.95. The van der Waals surface area contributed by atoms with Gasteiger partial charge in [-0.25, -0.2) is 19.3 Å². The lowest BCUT2D eigenvalue weighted by Gasteiger charge is -2.19. The summed E-state index contributed by atoms with van der Waals surface area (Å²) in [6.45, 7) is 3.55. The van der Waals surface area contributed by atoms with E-state index in [1.54, 1.807) is 12.1 Å². The van der Waals surface area contributed by atoms with Crippen LogP contribution in [0.3, 0.4) is 0 Å². The van der Waals surface area contributed by atoms with Crippen molar-refractivity contribution in [3.63, 3.8) is 0 Å². The number of aryl methyl sites for hydroxylation is 1. The van der Waals surface area contributed by atoms with E-state index in [2.05, 4.69) is 16.2 Å². The Kier molecular flexibility index (Phi) is 6.80. The minimum atomic E-state index is -3.63. The van der Waals surface area contributed by atoms with Crippen molar-refractivity contribution >= 4 is 15.9 Å². The molecule has 0 saturated carbocycles. The summed E-state index contributed by atoms with van der Waals surface area (Å²) in [5.41, 5.74) is 9.19. The zero-order chi connectivity index (χ0) is 22.7. The molecule has 172 valence electrons. The third kappa shape index (κ3) is 4.66. The number of sulfonamides is 1. The molecule has 8 nitrogen and oxygen atoms in total. The number of hydrogen-bond acceptors (Lipinski definition) is 6. The van der Waals surface area contributed by atoms with Crippen LogP contribution in [-0.4, -0.2) is 44.9 Å². The summed E-state index contributed by atoms with van der Waals surface area (Å²) in [6.07, 6.45) is 2.25. The summed E-state index contributed by atoms with van der Waals surface area (Å²) in [4.78, 5) is 12.8. The summed E-state index contributed by atoms with van der Waals surface area (Å²) in [5, 5.41) is 2.98. The van der Waals surface area contributed by atoms with Crippen LogP contribution in [0, 0.1) is 6.92 Å². The van der Waals surface area contributed by atoms with E-state index in [9.17, 15) is 13.2 Å². The number of rotatable bonds is 7. The quantitative estimate of drug-likeness (QED) is 0.587. The first kappa shape index (κ1) is 22.7. The van der Waals surface area contributed by atoms with E-state index in [1.165, 1.54) is 11.4 Å². The number of carbonyl (C=O) groups is 1. The van der Waals surface area contributed by atoms with E-state index in [4.69, 9.17) is 4.74 Å². The van der Waals surface area contributed by atoms with Gasteiger partial charge in [0.05, 0.1) is 7.11 Å². The van der Waals surface area contributed by atoms with Gasteiger partial charge in [0.15, 0.2) is 0 Å². The Hall–Kier alpha value is -2.46. The normalized spacial score (nSPS) is 21.6. The van der Waals surface area contributed by atoms with E-state index < -0.39 is 16.1 Å². The van der Waals surface area contributed by atoms with Crippen LogP contribution in [-0.2, 0) is 21.4 Å². The molecule has 0 aliphatic carbocycles. The number of nitrogens with one attached hydrogen (secondary N) is 3. The maximum absolute atomic E-state index is 13.1. The second kappa shape index (κ2) is 9.58. The Morgan fingerprint density at radius 2 is 1.91 bits per heavy atom. The van der Waals surface area contributed by atoms with Crippen molar-refractivity contribution in [3.8, 4) is 5.75 Å². The molecule has 32 heavy (non-hydrogen) atoms. The highest BCUT2D eigenvalue weighted by Crippen LogP contribution is 2.33. The molecular formula is C23H30N4O4S. The number of amides is 1. The van der Waals surface area contributed by atoms with Gasteiger partial charge in [-0.1, -0.05) is 30.3 Å². The molecule has 0 aromatic heterocycles. The molecule has 2 heterocycles. The topological polar surface area (TPSA) is 99.8 Å². The first-order valence-electron chi connectivity index (χ1n) is 10.9. The average molecular weight is 459 g/mol. The van der Waals surface area contributed by atoms with Crippen LogP contribution >= 0.6 is 0 Å².